The number of nitro benzene ring substituents is 1. The molecule has 0 aliphatic carbocycles. The van der Waals surface area contributed by atoms with Gasteiger partial charge in [-0.05, 0) is 36.2 Å². The number of rotatable bonds is 5. The zero-order chi connectivity index (χ0) is 15.4. The lowest BCUT2D eigenvalue weighted by molar-refractivity contribution is -0.384. The Balaban J connectivity index is 2.06. The molecule has 1 atom stereocenters. The Bertz CT molecular complexity index is 664. The second-order valence-electron chi connectivity index (χ2n) is 4.70. The number of hydrogen-bond donors (Lipinski definition) is 1. The second-order valence-corrected chi connectivity index (χ2v) is 5.11. The molecule has 0 radical (unpaired) electrons. The van der Waals surface area contributed by atoms with Crippen LogP contribution in [0.2, 0.25) is 5.02 Å². The molecule has 4 nitrogen and oxygen atoms in total. The van der Waals surface area contributed by atoms with Crippen molar-refractivity contribution in [1.82, 2.24) is 5.32 Å². The maximum absolute atomic E-state index is 13.2. The van der Waals surface area contributed by atoms with Crippen molar-refractivity contribution in [2.45, 2.75) is 19.5 Å². The lowest BCUT2D eigenvalue weighted by Crippen LogP contribution is -2.18. The van der Waals surface area contributed by atoms with Gasteiger partial charge in [0.25, 0.3) is 5.69 Å². The summed E-state index contributed by atoms with van der Waals surface area (Å²) in [6.07, 6.45) is 0. The zero-order valence-corrected chi connectivity index (χ0v) is 12.1. The van der Waals surface area contributed by atoms with Crippen LogP contribution < -0.4 is 5.32 Å². The first kappa shape index (κ1) is 15.4. The van der Waals surface area contributed by atoms with E-state index < -0.39 is 4.92 Å². The molecular formula is C15H14ClFN2O2. The van der Waals surface area contributed by atoms with E-state index in [1.165, 1.54) is 24.3 Å². The third kappa shape index (κ3) is 4.00. The zero-order valence-electron chi connectivity index (χ0n) is 11.3. The van der Waals surface area contributed by atoms with Gasteiger partial charge in [0, 0.05) is 18.7 Å². The Kier molecular flexibility index (Phi) is 4.88. The van der Waals surface area contributed by atoms with Gasteiger partial charge >= 0.3 is 0 Å². The van der Waals surface area contributed by atoms with E-state index in [-0.39, 0.29) is 22.6 Å². The molecule has 0 unspecified atom stereocenters. The van der Waals surface area contributed by atoms with Crippen LogP contribution in [0.3, 0.4) is 0 Å². The van der Waals surface area contributed by atoms with Gasteiger partial charge in [0.15, 0.2) is 0 Å². The van der Waals surface area contributed by atoms with E-state index >= 15 is 0 Å². The molecule has 2 aromatic carbocycles. The van der Waals surface area contributed by atoms with Crippen molar-refractivity contribution in [3.8, 4) is 0 Å². The van der Waals surface area contributed by atoms with Gasteiger partial charge in [-0.2, -0.15) is 0 Å². The molecule has 0 heterocycles. The van der Waals surface area contributed by atoms with Crippen molar-refractivity contribution in [3.05, 3.63) is 74.5 Å². The summed E-state index contributed by atoms with van der Waals surface area (Å²) in [5.41, 5.74) is 1.45. The molecule has 1 N–H and O–H groups in total. The van der Waals surface area contributed by atoms with E-state index in [1.807, 2.05) is 13.0 Å². The minimum Gasteiger partial charge on any atom is -0.306 e. The predicted molar refractivity (Wildman–Crippen MR) is 79.8 cm³/mol. The van der Waals surface area contributed by atoms with E-state index in [2.05, 4.69) is 5.32 Å². The molecule has 0 fully saturated rings. The third-order valence-corrected chi connectivity index (χ3v) is 3.49. The number of nitrogens with one attached hydrogen (secondary N) is 1. The monoisotopic (exact) mass is 308 g/mol. The van der Waals surface area contributed by atoms with Crippen molar-refractivity contribution < 1.29 is 9.31 Å². The molecule has 0 aromatic heterocycles. The molecule has 0 amide bonds. The largest absolute Gasteiger partial charge is 0.306 e. The molecule has 0 saturated carbocycles. The smallest absolute Gasteiger partial charge is 0.288 e. The highest BCUT2D eigenvalue weighted by Crippen LogP contribution is 2.25. The lowest BCUT2D eigenvalue weighted by atomic mass is 10.1. The van der Waals surface area contributed by atoms with Crippen molar-refractivity contribution in [2.24, 2.45) is 0 Å². The van der Waals surface area contributed by atoms with Crippen LogP contribution in [0, 0.1) is 15.9 Å². The minimum absolute atomic E-state index is 0.0737. The molecule has 0 bridgehead atoms. The Morgan fingerprint density at radius 1 is 1.33 bits per heavy atom. The molecule has 2 rings (SSSR count). The van der Waals surface area contributed by atoms with Gasteiger partial charge in [-0.1, -0.05) is 29.8 Å². The van der Waals surface area contributed by atoms with E-state index in [9.17, 15) is 14.5 Å². The van der Waals surface area contributed by atoms with Crippen LogP contribution in [-0.2, 0) is 6.54 Å². The van der Waals surface area contributed by atoms with Gasteiger partial charge < -0.3 is 5.32 Å². The first-order valence-corrected chi connectivity index (χ1v) is 6.77. The van der Waals surface area contributed by atoms with Gasteiger partial charge in [0.1, 0.15) is 10.8 Å². The van der Waals surface area contributed by atoms with Crippen LogP contribution in [0.5, 0.6) is 0 Å². The Morgan fingerprint density at radius 3 is 2.76 bits per heavy atom. The predicted octanol–water partition coefficient (Wildman–Crippen LogP) is 4.24. The van der Waals surface area contributed by atoms with Crippen molar-refractivity contribution in [3.63, 3.8) is 0 Å². The van der Waals surface area contributed by atoms with Crippen LogP contribution in [-0.4, -0.2) is 4.92 Å². The summed E-state index contributed by atoms with van der Waals surface area (Å²) in [5, 5.41) is 14.1. The number of benzene rings is 2. The standard InChI is InChI=1S/C15H14ClFN2O2/c1-10(12-3-2-4-13(17)8-12)18-9-11-5-6-14(16)15(7-11)19(20)21/h2-8,10,18H,9H2,1H3/t10-/m0/s1. The van der Waals surface area contributed by atoms with Gasteiger partial charge in [0.2, 0.25) is 0 Å². The summed E-state index contributed by atoms with van der Waals surface area (Å²) in [4.78, 5) is 10.3. The Hall–Kier alpha value is -1.98. The minimum atomic E-state index is -0.512. The summed E-state index contributed by atoms with van der Waals surface area (Å²) in [5.74, 6) is -0.289. The molecule has 0 spiro atoms. The fourth-order valence-corrected chi connectivity index (χ4v) is 2.16. The molecule has 0 saturated heterocycles. The van der Waals surface area contributed by atoms with Gasteiger partial charge in [-0.25, -0.2) is 4.39 Å². The summed E-state index contributed by atoms with van der Waals surface area (Å²) in [6.45, 7) is 2.33. The number of nitrogens with zero attached hydrogens (tertiary/aromatic N) is 1. The van der Waals surface area contributed by atoms with Crippen LogP contribution in [0.15, 0.2) is 42.5 Å². The molecule has 21 heavy (non-hydrogen) atoms. The van der Waals surface area contributed by atoms with Crippen molar-refractivity contribution >= 4 is 17.3 Å². The van der Waals surface area contributed by atoms with Crippen molar-refractivity contribution in [1.29, 1.82) is 0 Å². The fourth-order valence-electron chi connectivity index (χ4n) is 1.97. The van der Waals surface area contributed by atoms with Gasteiger partial charge in [-0.3, -0.25) is 10.1 Å². The molecule has 110 valence electrons. The quantitative estimate of drug-likeness (QED) is 0.664. The average molecular weight is 309 g/mol. The highest BCUT2D eigenvalue weighted by Gasteiger charge is 2.13. The van der Waals surface area contributed by atoms with E-state index in [1.54, 1.807) is 12.1 Å². The first-order valence-electron chi connectivity index (χ1n) is 6.39. The Morgan fingerprint density at radius 2 is 2.10 bits per heavy atom. The highest BCUT2D eigenvalue weighted by atomic mass is 35.5. The maximum atomic E-state index is 13.2. The molecule has 0 aliphatic rings. The second kappa shape index (κ2) is 6.65. The first-order chi connectivity index (χ1) is 9.97. The molecular weight excluding hydrogens is 295 g/mol. The SMILES string of the molecule is C[C@H](NCc1ccc(Cl)c([N+](=O)[O-])c1)c1cccc(F)c1. The van der Waals surface area contributed by atoms with E-state index in [0.29, 0.717) is 6.54 Å². The summed E-state index contributed by atoms with van der Waals surface area (Å²) < 4.78 is 13.2. The summed E-state index contributed by atoms with van der Waals surface area (Å²) in [6, 6.07) is 10.9. The van der Waals surface area contributed by atoms with Gasteiger partial charge in [0.05, 0.1) is 4.92 Å². The average Bonchev–Trinajstić information content (AvgIpc) is 2.45. The summed E-state index contributed by atoms with van der Waals surface area (Å²) in [7, 11) is 0. The lowest BCUT2D eigenvalue weighted by Gasteiger charge is -2.14. The van der Waals surface area contributed by atoms with Crippen LogP contribution in [0.25, 0.3) is 0 Å². The fraction of sp³-hybridized carbons (Fsp3) is 0.200. The topological polar surface area (TPSA) is 55.2 Å². The molecule has 2 aromatic rings. The highest BCUT2D eigenvalue weighted by molar-refractivity contribution is 6.32. The number of halogens is 2. The number of hydrogen-bond acceptors (Lipinski definition) is 3. The van der Waals surface area contributed by atoms with E-state index in [0.717, 1.165) is 11.1 Å². The van der Waals surface area contributed by atoms with E-state index in [4.69, 9.17) is 11.6 Å². The van der Waals surface area contributed by atoms with Crippen LogP contribution in [0.4, 0.5) is 10.1 Å². The van der Waals surface area contributed by atoms with Crippen molar-refractivity contribution in [2.75, 3.05) is 0 Å². The summed E-state index contributed by atoms with van der Waals surface area (Å²) >= 11 is 5.76. The number of nitro groups is 1. The normalized spacial score (nSPS) is 12.1. The molecule has 6 heteroatoms. The van der Waals surface area contributed by atoms with Crippen LogP contribution >= 0.6 is 11.6 Å². The van der Waals surface area contributed by atoms with Gasteiger partial charge in [-0.15, -0.1) is 0 Å². The Labute approximate surface area is 126 Å². The third-order valence-electron chi connectivity index (χ3n) is 3.17. The van der Waals surface area contributed by atoms with Crippen LogP contribution in [0.1, 0.15) is 24.1 Å². The maximum Gasteiger partial charge on any atom is 0.288 e. The molecule has 0 aliphatic heterocycles.